The van der Waals surface area contributed by atoms with E-state index >= 15 is 0 Å². The minimum Gasteiger partial charge on any atom is -0.291 e. The molecule has 184 valence electrons. The van der Waals surface area contributed by atoms with E-state index in [0.29, 0.717) is 0 Å². The van der Waals surface area contributed by atoms with Crippen molar-refractivity contribution >= 4 is 60.2 Å². The smallest absolute Gasteiger partial charge is 0.291 e. The summed E-state index contributed by atoms with van der Waals surface area (Å²) in [5, 5.41) is 8.18. The average Bonchev–Trinajstić information content (AvgIpc) is 3.52. The van der Waals surface area contributed by atoms with Crippen molar-refractivity contribution in [3.8, 4) is 11.4 Å². The van der Waals surface area contributed by atoms with Crippen LogP contribution in [0.15, 0.2) is 73.1 Å². The van der Waals surface area contributed by atoms with E-state index in [0.717, 1.165) is 34.6 Å². The second-order valence-electron chi connectivity index (χ2n) is 7.66. The Morgan fingerprint density at radius 2 is 1.44 bits per heavy atom. The predicted octanol–water partition coefficient (Wildman–Crippen LogP) is 3.46. The number of aromatic amines is 1. The number of benzene rings is 3. The maximum atomic E-state index is 12.7. The SMILES string of the molecule is Cc1ccc(S(=O)(=O)N=Nc2c3[nH]snc-3/c(=N\NS(=O)(=O)c3ccc(C)cc3)c3nsnc23)cc1. The standard InChI is InChI=1S/C20H16N8O4S4/c1-11-3-7-13(8-4-11)35(29,30)27-21-15-17-19(25-33-23-17)16(20-18(15)24-34-26-20)22-28-36(31,32)14-9-5-12(2)6-10-14/h3-10,23,28H,1-2H3/b22-16+,27-21?. The van der Waals surface area contributed by atoms with Gasteiger partial charge in [-0.2, -0.15) is 39.9 Å². The van der Waals surface area contributed by atoms with Crippen molar-refractivity contribution in [2.24, 2.45) is 14.7 Å². The lowest BCUT2D eigenvalue weighted by Gasteiger charge is -2.05. The Balaban J connectivity index is 1.60. The number of hydrogen-bond acceptors (Lipinski definition) is 11. The molecule has 2 aliphatic rings. The van der Waals surface area contributed by atoms with Crippen LogP contribution in [0.25, 0.3) is 22.4 Å². The molecule has 3 aromatic rings. The second kappa shape index (κ2) is 9.12. The quantitative estimate of drug-likeness (QED) is 0.236. The molecule has 1 aliphatic carbocycles. The predicted molar refractivity (Wildman–Crippen MR) is 134 cm³/mol. The Morgan fingerprint density at radius 1 is 0.833 bits per heavy atom. The fraction of sp³-hybridized carbons (Fsp3) is 0.100. The van der Waals surface area contributed by atoms with Gasteiger partial charge in [-0.05, 0) is 38.1 Å². The molecular formula is C20H16N8O4S4. The molecule has 0 atom stereocenters. The first-order chi connectivity index (χ1) is 17.2. The van der Waals surface area contributed by atoms with Crippen LogP contribution < -0.4 is 10.2 Å². The maximum Gasteiger partial charge on any atom is 0.299 e. The summed E-state index contributed by atoms with van der Waals surface area (Å²) < 4.78 is 70.0. The van der Waals surface area contributed by atoms with Gasteiger partial charge in [0, 0.05) is 11.7 Å². The van der Waals surface area contributed by atoms with Crippen LogP contribution in [0.3, 0.4) is 0 Å². The van der Waals surface area contributed by atoms with Gasteiger partial charge < -0.3 is 0 Å². The molecule has 0 bridgehead atoms. The molecular weight excluding hydrogens is 545 g/mol. The highest BCUT2D eigenvalue weighted by Crippen LogP contribution is 2.35. The van der Waals surface area contributed by atoms with Gasteiger partial charge in [0.2, 0.25) is 0 Å². The van der Waals surface area contributed by atoms with Gasteiger partial charge in [0.15, 0.2) is 0 Å². The summed E-state index contributed by atoms with van der Waals surface area (Å²) in [6.07, 6.45) is 0. The van der Waals surface area contributed by atoms with Crippen LogP contribution in [0.4, 0.5) is 5.69 Å². The summed E-state index contributed by atoms with van der Waals surface area (Å²) in [6.45, 7) is 3.69. The number of hydrogen-bond donors (Lipinski definition) is 2. The Morgan fingerprint density at radius 3 is 2.11 bits per heavy atom. The molecule has 0 amide bonds. The van der Waals surface area contributed by atoms with Gasteiger partial charge in [0.05, 0.1) is 21.5 Å². The van der Waals surface area contributed by atoms with Gasteiger partial charge in [-0.1, -0.05) is 39.9 Å². The first kappa shape index (κ1) is 24.1. The largest absolute Gasteiger partial charge is 0.299 e. The third-order valence-electron chi connectivity index (χ3n) is 5.10. The van der Waals surface area contributed by atoms with Crippen LogP contribution in [0.5, 0.6) is 0 Å². The minimum atomic E-state index is -4.08. The molecule has 0 fully saturated rings. The highest BCUT2D eigenvalue weighted by atomic mass is 32.2. The Kier molecular flexibility index (Phi) is 6.11. The molecule has 1 aromatic heterocycles. The first-order valence-electron chi connectivity index (χ1n) is 10.1. The van der Waals surface area contributed by atoms with Gasteiger partial charge in [-0.25, -0.2) is 0 Å². The van der Waals surface area contributed by atoms with Crippen molar-refractivity contribution in [3.05, 3.63) is 65.0 Å². The van der Waals surface area contributed by atoms with Gasteiger partial charge >= 0.3 is 0 Å². The Hall–Kier alpha value is -3.60. The number of aryl methyl sites for hydroxylation is 2. The molecule has 0 radical (unpaired) electrons. The van der Waals surface area contributed by atoms with Crippen LogP contribution in [-0.2, 0) is 20.0 Å². The minimum absolute atomic E-state index is 0.00898. The number of nitrogens with zero attached hydrogens (tertiary/aromatic N) is 6. The van der Waals surface area contributed by atoms with Crippen molar-refractivity contribution in [3.63, 3.8) is 0 Å². The van der Waals surface area contributed by atoms with E-state index in [1.807, 2.05) is 13.8 Å². The van der Waals surface area contributed by atoms with Crippen LogP contribution in [0.1, 0.15) is 11.1 Å². The number of sulfonamides is 2. The van der Waals surface area contributed by atoms with E-state index in [1.54, 1.807) is 24.3 Å². The summed E-state index contributed by atoms with van der Waals surface area (Å²) in [7, 11) is -8.05. The third-order valence-corrected chi connectivity index (χ3v) is 8.58. The average molecular weight is 561 g/mol. The zero-order valence-corrected chi connectivity index (χ0v) is 21.8. The van der Waals surface area contributed by atoms with E-state index in [-0.39, 0.29) is 43.3 Å². The number of H-pyrrole nitrogens is 1. The van der Waals surface area contributed by atoms with Crippen LogP contribution >= 0.6 is 23.5 Å². The van der Waals surface area contributed by atoms with Crippen molar-refractivity contribution in [2.45, 2.75) is 23.6 Å². The molecule has 36 heavy (non-hydrogen) atoms. The number of aromatic nitrogens is 4. The summed E-state index contributed by atoms with van der Waals surface area (Å²) in [6, 6.07) is 12.5. The van der Waals surface area contributed by atoms with Crippen LogP contribution in [0, 0.1) is 13.8 Å². The number of fused-ring (bicyclic) bond motifs is 2. The zero-order valence-electron chi connectivity index (χ0n) is 18.6. The van der Waals surface area contributed by atoms with Crippen molar-refractivity contribution in [1.29, 1.82) is 0 Å². The molecule has 0 saturated carbocycles. The molecule has 2 heterocycles. The normalized spacial score (nSPS) is 13.2. The summed E-state index contributed by atoms with van der Waals surface area (Å²) in [4.78, 5) is 2.24. The molecule has 0 saturated heterocycles. The molecule has 0 unspecified atom stereocenters. The van der Waals surface area contributed by atoms with E-state index in [1.165, 1.54) is 24.3 Å². The number of nitrogens with one attached hydrogen (secondary N) is 2. The van der Waals surface area contributed by atoms with Crippen LogP contribution in [-0.4, -0.2) is 34.3 Å². The lowest BCUT2D eigenvalue weighted by atomic mass is 10.1. The monoisotopic (exact) mass is 560 g/mol. The van der Waals surface area contributed by atoms with E-state index in [4.69, 9.17) is 0 Å². The van der Waals surface area contributed by atoms with Crippen molar-refractivity contribution in [1.82, 2.24) is 22.3 Å². The molecule has 0 spiro atoms. The van der Waals surface area contributed by atoms with E-state index in [2.05, 4.69) is 37.1 Å². The van der Waals surface area contributed by atoms with Gasteiger partial charge in [0.1, 0.15) is 33.5 Å². The van der Waals surface area contributed by atoms with E-state index in [9.17, 15) is 16.8 Å². The topological polar surface area (TPSA) is 172 Å². The van der Waals surface area contributed by atoms with Crippen LogP contribution in [0.2, 0.25) is 0 Å². The molecule has 16 heteroatoms. The fourth-order valence-electron chi connectivity index (χ4n) is 3.19. The number of rotatable bonds is 6. The molecule has 12 nitrogen and oxygen atoms in total. The Labute approximate surface area is 213 Å². The lowest BCUT2D eigenvalue weighted by Crippen LogP contribution is -2.23. The first-order valence-corrected chi connectivity index (χ1v) is 14.6. The van der Waals surface area contributed by atoms with E-state index < -0.39 is 20.0 Å². The zero-order chi connectivity index (χ0) is 25.5. The molecule has 2 aromatic carbocycles. The second-order valence-corrected chi connectivity index (χ2v) is 12.0. The molecule has 1 aliphatic heterocycles. The van der Waals surface area contributed by atoms with Crippen molar-refractivity contribution in [2.75, 3.05) is 0 Å². The summed E-state index contributed by atoms with van der Waals surface area (Å²) >= 11 is 1.77. The lowest BCUT2D eigenvalue weighted by molar-refractivity contribution is 0.583. The summed E-state index contributed by atoms with van der Waals surface area (Å²) in [5.41, 5.74) is 2.82. The highest BCUT2D eigenvalue weighted by Gasteiger charge is 2.24. The van der Waals surface area contributed by atoms with Gasteiger partial charge in [-0.3, -0.25) is 4.37 Å². The van der Waals surface area contributed by atoms with Crippen molar-refractivity contribution < 1.29 is 16.8 Å². The third kappa shape index (κ3) is 4.50. The highest BCUT2D eigenvalue weighted by molar-refractivity contribution is 7.90. The summed E-state index contributed by atoms with van der Waals surface area (Å²) in [5.74, 6) is 0. The molecule has 2 N–H and O–H groups in total. The fourth-order valence-corrected chi connectivity index (χ4v) is 5.92. The molecule has 5 rings (SSSR count). The Bertz CT molecular complexity index is 1850. The van der Waals surface area contributed by atoms with Gasteiger partial charge in [0.25, 0.3) is 20.0 Å². The maximum absolute atomic E-state index is 12.7. The van der Waals surface area contributed by atoms with Gasteiger partial charge in [-0.15, -0.1) is 5.11 Å².